The lowest BCUT2D eigenvalue weighted by Gasteiger charge is -1.88. The molecule has 0 radical (unpaired) electrons. The van der Waals surface area contributed by atoms with Gasteiger partial charge in [-0.3, -0.25) is 10.1 Å². The third-order valence-electron chi connectivity index (χ3n) is 0.909. The highest BCUT2D eigenvalue weighted by Crippen LogP contribution is 2.00. The number of amides is 1. The van der Waals surface area contributed by atoms with E-state index in [4.69, 9.17) is 0 Å². The first-order chi connectivity index (χ1) is 5.72. The Labute approximate surface area is 76.7 Å². The molecule has 0 fully saturated rings. The van der Waals surface area contributed by atoms with Crippen LogP contribution in [0.1, 0.15) is 5.82 Å². The standard InChI is InChI=1S/C6H4BrN3O2/c1-4-8-6(12-10-4)9-5(11)2-3-7/h1H3,(H,8,9,10,11). The van der Waals surface area contributed by atoms with E-state index in [9.17, 15) is 4.79 Å². The van der Waals surface area contributed by atoms with Crippen molar-refractivity contribution >= 4 is 27.9 Å². The minimum absolute atomic E-state index is 0.0488. The summed E-state index contributed by atoms with van der Waals surface area (Å²) in [6, 6.07) is 0.0488. The largest absolute Gasteiger partial charge is 0.328 e. The third-order valence-corrected chi connectivity index (χ3v) is 1.11. The van der Waals surface area contributed by atoms with Crippen LogP contribution in [0.4, 0.5) is 6.01 Å². The Morgan fingerprint density at radius 1 is 1.75 bits per heavy atom. The number of carbonyl (C=O) groups is 1. The summed E-state index contributed by atoms with van der Waals surface area (Å²) in [4.78, 5) is 16.8. The van der Waals surface area contributed by atoms with Gasteiger partial charge in [-0.25, -0.2) is 0 Å². The van der Waals surface area contributed by atoms with Gasteiger partial charge in [0, 0.05) is 21.9 Å². The van der Waals surface area contributed by atoms with Crippen molar-refractivity contribution in [2.45, 2.75) is 6.92 Å². The topological polar surface area (TPSA) is 68.0 Å². The minimum atomic E-state index is -0.504. The van der Waals surface area contributed by atoms with Crippen LogP contribution in [-0.4, -0.2) is 16.0 Å². The maximum Gasteiger partial charge on any atom is 0.328 e. The summed E-state index contributed by atoms with van der Waals surface area (Å²) < 4.78 is 4.61. The lowest BCUT2D eigenvalue weighted by Crippen LogP contribution is -2.08. The van der Waals surface area contributed by atoms with Crippen LogP contribution in [0.2, 0.25) is 0 Å². The Bertz CT molecular complexity index is 349. The number of hydrogen-bond donors (Lipinski definition) is 1. The second kappa shape index (κ2) is 3.88. The molecule has 0 saturated heterocycles. The fraction of sp³-hybridized carbons (Fsp3) is 0.167. The normalized spacial score (nSPS) is 8.50. The third kappa shape index (κ3) is 2.36. The monoisotopic (exact) mass is 229 g/mol. The molecule has 1 aromatic heterocycles. The number of aryl methyl sites for hydroxylation is 1. The van der Waals surface area contributed by atoms with Gasteiger partial charge in [0.2, 0.25) is 0 Å². The highest BCUT2D eigenvalue weighted by atomic mass is 79.9. The summed E-state index contributed by atoms with van der Waals surface area (Å²) in [5.41, 5.74) is 0. The maximum absolute atomic E-state index is 10.8. The van der Waals surface area contributed by atoms with E-state index in [0.717, 1.165) is 0 Å². The van der Waals surface area contributed by atoms with Crippen LogP contribution >= 0.6 is 15.9 Å². The molecule has 1 amide bonds. The van der Waals surface area contributed by atoms with E-state index < -0.39 is 5.91 Å². The van der Waals surface area contributed by atoms with Crippen molar-refractivity contribution in [3.63, 3.8) is 0 Å². The van der Waals surface area contributed by atoms with E-state index in [1.807, 2.05) is 0 Å². The van der Waals surface area contributed by atoms with E-state index in [-0.39, 0.29) is 6.01 Å². The Morgan fingerprint density at radius 2 is 2.50 bits per heavy atom. The van der Waals surface area contributed by atoms with Crippen molar-refractivity contribution in [1.82, 2.24) is 10.1 Å². The molecule has 1 N–H and O–H groups in total. The Balaban J connectivity index is 2.62. The maximum atomic E-state index is 10.8. The first-order valence-corrected chi connectivity index (χ1v) is 3.74. The quantitative estimate of drug-likeness (QED) is 0.720. The van der Waals surface area contributed by atoms with Gasteiger partial charge < -0.3 is 4.52 Å². The second-order valence-electron chi connectivity index (χ2n) is 1.82. The molecule has 1 aromatic rings. The zero-order valence-corrected chi connectivity index (χ0v) is 7.67. The molecule has 0 bridgehead atoms. The van der Waals surface area contributed by atoms with Gasteiger partial charge in [-0.05, 0) is 11.8 Å². The van der Waals surface area contributed by atoms with Crippen molar-refractivity contribution < 1.29 is 9.32 Å². The minimum Gasteiger partial charge on any atom is -0.315 e. The van der Waals surface area contributed by atoms with Crippen LogP contribution in [0.15, 0.2) is 4.52 Å². The zero-order chi connectivity index (χ0) is 8.97. The number of nitrogens with one attached hydrogen (secondary N) is 1. The van der Waals surface area contributed by atoms with Crippen LogP contribution in [0.3, 0.4) is 0 Å². The summed E-state index contributed by atoms with van der Waals surface area (Å²) in [5, 5.41) is 5.75. The number of carbonyl (C=O) groups excluding carboxylic acids is 1. The van der Waals surface area contributed by atoms with Crippen molar-refractivity contribution in [2.24, 2.45) is 0 Å². The van der Waals surface area contributed by atoms with Gasteiger partial charge in [-0.15, -0.1) is 0 Å². The van der Waals surface area contributed by atoms with Crippen LogP contribution in [-0.2, 0) is 4.79 Å². The van der Waals surface area contributed by atoms with E-state index in [2.05, 4.69) is 46.7 Å². The lowest BCUT2D eigenvalue weighted by atomic mass is 10.6. The van der Waals surface area contributed by atoms with Gasteiger partial charge in [-0.2, -0.15) is 4.98 Å². The van der Waals surface area contributed by atoms with E-state index in [1.54, 1.807) is 6.92 Å². The molecule has 0 aliphatic heterocycles. The van der Waals surface area contributed by atoms with Crippen molar-refractivity contribution in [2.75, 3.05) is 5.32 Å². The number of aromatic nitrogens is 2. The molecule has 0 aromatic carbocycles. The van der Waals surface area contributed by atoms with Gasteiger partial charge in [0.05, 0.1) is 0 Å². The van der Waals surface area contributed by atoms with Crippen molar-refractivity contribution in [3.8, 4) is 10.8 Å². The van der Waals surface area contributed by atoms with E-state index in [1.165, 1.54) is 0 Å². The Morgan fingerprint density at radius 3 is 3.00 bits per heavy atom. The molecular formula is C6H4BrN3O2. The number of nitrogens with zero attached hydrogens (tertiary/aromatic N) is 2. The molecule has 0 spiro atoms. The highest BCUT2D eigenvalue weighted by Gasteiger charge is 2.04. The molecule has 5 nitrogen and oxygen atoms in total. The SMILES string of the molecule is Cc1noc(NC(=O)C#CBr)n1. The smallest absolute Gasteiger partial charge is 0.315 e. The molecule has 1 rings (SSSR count). The molecule has 62 valence electrons. The molecule has 6 heteroatoms. The number of hydrogen-bond acceptors (Lipinski definition) is 4. The first kappa shape index (κ1) is 8.74. The fourth-order valence-electron chi connectivity index (χ4n) is 0.519. The predicted octanol–water partition coefficient (Wildman–Crippen LogP) is 0.672. The summed E-state index contributed by atoms with van der Waals surface area (Å²) in [5.74, 6) is 2.14. The molecule has 0 saturated carbocycles. The lowest BCUT2D eigenvalue weighted by molar-refractivity contribution is -0.111. The van der Waals surface area contributed by atoms with Gasteiger partial charge >= 0.3 is 11.9 Å². The predicted molar refractivity (Wildman–Crippen MR) is 44.4 cm³/mol. The molecule has 12 heavy (non-hydrogen) atoms. The van der Waals surface area contributed by atoms with Gasteiger partial charge in [0.15, 0.2) is 5.82 Å². The molecule has 1 heterocycles. The second-order valence-corrected chi connectivity index (χ2v) is 2.22. The average molecular weight is 230 g/mol. The van der Waals surface area contributed by atoms with Crippen molar-refractivity contribution in [1.29, 1.82) is 0 Å². The Hall–Kier alpha value is -1.35. The summed E-state index contributed by atoms with van der Waals surface area (Å²) in [6.45, 7) is 1.65. The average Bonchev–Trinajstić information content (AvgIpc) is 2.36. The molecule has 0 unspecified atom stereocenters. The number of rotatable bonds is 1. The number of anilines is 1. The van der Waals surface area contributed by atoms with Crippen LogP contribution in [0.25, 0.3) is 0 Å². The van der Waals surface area contributed by atoms with Gasteiger partial charge in [-0.1, -0.05) is 5.16 Å². The fourth-order valence-corrected chi connectivity index (χ4v) is 0.699. The summed E-state index contributed by atoms with van der Waals surface area (Å²) >= 11 is 2.78. The van der Waals surface area contributed by atoms with Gasteiger partial charge in [0.25, 0.3) is 0 Å². The molecule has 0 atom stereocenters. The molecule has 0 aliphatic carbocycles. The van der Waals surface area contributed by atoms with Crippen LogP contribution in [0, 0.1) is 17.7 Å². The first-order valence-electron chi connectivity index (χ1n) is 2.95. The Kier molecular flexibility index (Phi) is 2.82. The number of halogens is 1. The summed E-state index contributed by atoms with van der Waals surface area (Å²) in [7, 11) is 0. The van der Waals surface area contributed by atoms with Crippen LogP contribution in [0.5, 0.6) is 0 Å². The van der Waals surface area contributed by atoms with E-state index in [0.29, 0.717) is 5.82 Å². The van der Waals surface area contributed by atoms with E-state index >= 15 is 0 Å². The summed E-state index contributed by atoms with van der Waals surface area (Å²) in [6.07, 6.45) is 0. The molecular weight excluding hydrogens is 226 g/mol. The zero-order valence-electron chi connectivity index (χ0n) is 6.09. The molecule has 0 aliphatic rings. The van der Waals surface area contributed by atoms with Gasteiger partial charge in [0.1, 0.15) is 0 Å². The van der Waals surface area contributed by atoms with Crippen LogP contribution < -0.4 is 5.32 Å². The van der Waals surface area contributed by atoms with Crippen molar-refractivity contribution in [3.05, 3.63) is 5.82 Å². The highest BCUT2D eigenvalue weighted by molar-refractivity contribution is 9.12.